The number of hydrogen-bond donors (Lipinski definition) is 0. The smallest absolute Gasteiger partial charge is 0.373 e. The number of hydrogen-bond acceptors (Lipinski definition) is 6. The Morgan fingerprint density at radius 2 is 2.00 bits per heavy atom. The Labute approximate surface area is 229 Å². The van der Waals surface area contributed by atoms with Gasteiger partial charge in [0.15, 0.2) is 5.78 Å². The van der Waals surface area contributed by atoms with E-state index < -0.39 is 5.30 Å². The minimum atomic E-state index is -0.432. The summed E-state index contributed by atoms with van der Waals surface area (Å²) in [5, 5.41) is 3.38. The van der Waals surface area contributed by atoms with Gasteiger partial charge in [0.25, 0.3) is 0 Å². The first-order chi connectivity index (χ1) is 17.9. The normalized spacial score (nSPS) is 33.1. The van der Waals surface area contributed by atoms with Gasteiger partial charge in [0.1, 0.15) is 0 Å². The van der Waals surface area contributed by atoms with E-state index in [9.17, 15) is 9.59 Å². The maximum Gasteiger partial charge on any atom is 0.393 e. The third-order valence-electron chi connectivity index (χ3n) is 9.50. The molecule has 0 saturated heterocycles. The zero-order valence-corrected chi connectivity index (χ0v) is 23.5. The van der Waals surface area contributed by atoms with Gasteiger partial charge in [-0.3, -0.25) is 4.79 Å². The van der Waals surface area contributed by atoms with Crippen LogP contribution in [0.1, 0.15) is 75.8 Å². The van der Waals surface area contributed by atoms with Crippen LogP contribution >= 0.6 is 23.4 Å². The number of benzene rings is 1. The van der Waals surface area contributed by atoms with E-state index in [2.05, 4.69) is 31.1 Å². The van der Waals surface area contributed by atoms with Crippen LogP contribution in [0.25, 0.3) is 0 Å². The summed E-state index contributed by atoms with van der Waals surface area (Å²) in [5.41, 5.74) is 6.08. The second-order valence-electron chi connectivity index (χ2n) is 11.0. The Morgan fingerprint density at radius 3 is 2.70 bits per heavy atom. The molecule has 0 spiro atoms. The molecular formula is C30H36ClNO4S. The molecule has 198 valence electrons. The van der Waals surface area contributed by atoms with Gasteiger partial charge < -0.3 is 9.57 Å². The Hall–Kier alpha value is -1.89. The van der Waals surface area contributed by atoms with E-state index >= 15 is 0 Å². The molecule has 0 aromatic heterocycles. The Balaban J connectivity index is 1.56. The molecule has 0 heterocycles. The van der Waals surface area contributed by atoms with Crippen LogP contribution < -0.4 is 0 Å². The predicted molar refractivity (Wildman–Crippen MR) is 149 cm³/mol. The number of carbonyl (C=O) groups excluding carboxylic acids is 2. The average molecular weight is 542 g/mol. The molecule has 5 nitrogen and oxygen atoms in total. The number of ether oxygens (including phenoxy) is 1. The predicted octanol–water partition coefficient (Wildman–Crippen LogP) is 7.43. The molecule has 0 N–H and O–H groups in total. The molecule has 1 aromatic rings. The number of thioether (sulfide) groups is 1. The summed E-state index contributed by atoms with van der Waals surface area (Å²) in [6.07, 6.45) is 11.8. The highest BCUT2D eigenvalue weighted by molar-refractivity contribution is 8.12. The van der Waals surface area contributed by atoms with Crippen molar-refractivity contribution < 1.29 is 19.2 Å². The summed E-state index contributed by atoms with van der Waals surface area (Å²) < 4.78 is 6.52. The molecule has 2 saturated carbocycles. The minimum absolute atomic E-state index is 0.0258. The van der Waals surface area contributed by atoms with Gasteiger partial charge >= 0.3 is 5.30 Å². The van der Waals surface area contributed by atoms with E-state index in [0.717, 1.165) is 55.9 Å². The second-order valence-corrected chi connectivity index (χ2v) is 12.1. The number of alkyl halides is 1. The molecular weight excluding hydrogens is 506 g/mol. The van der Waals surface area contributed by atoms with E-state index in [1.165, 1.54) is 16.7 Å². The largest absolute Gasteiger partial charge is 0.393 e. The summed E-state index contributed by atoms with van der Waals surface area (Å²) >= 11 is 7.70. The lowest BCUT2D eigenvalue weighted by molar-refractivity contribution is -0.121. The van der Waals surface area contributed by atoms with Crippen molar-refractivity contribution in [1.82, 2.24) is 0 Å². The number of carbonyl (C=O) groups is 2. The molecule has 2 fully saturated rings. The van der Waals surface area contributed by atoms with Crippen molar-refractivity contribution in [2.75, 3.05) is 18.7 Å². The molecule has 0 aliphatic heterocycles. The first-order valence-corrected chi connectivity index (χ1v) is 15.2. The van der Waals surface area contributed by atoms with E-state index in [1.807, 2.05) is 18.2 Å². The van der Waals surface area contributed by atoms with Crippen molar-refractivity contribution in [2.45, 2.75) is 70.3 Å². The monoisotopic (exact) mass is 541 g/mol. The van der Waals surface area contributed by atoms with Crippen molar-refractivity contribution in [3.05, 3.63) is 58.2 Å². The first kappa shape index (κ1) is 26.7. The van der Waals surface area contributed by atoms with Gasteiger partial charge in [0, 0.05) is 24.4 Å². The maximum atomic E-state index is 12.3. The van der Waals surface area contributed by atoms with Gasteiger partial charge in [-0.25, -0.2) is 4.79 Å². The van der Waals surface area contributed by atoms with Gasteiger partial charge in [0.05, 0.1) is 17.7 Å². The standard InChI is InChI=1S/C30H36ClNO4S/c1-4-35-30(18-31)14-13-26-24-11-9-21-15-22(33)10-12-23(21)27(24)25(16-29(26,30)2)20-7-5-19(6-8-20)17-32-36-28(34)37-3/h5-8,15,17,24-26H,4,9-14,16,18H2,1-3H3/b32-17+/t24-,25+,26-,29-,30+/m0/s1. The average Bonchev–Trinajstić information content (AvgIpc) is 3.20. The fraction of sp³-hybridized carbons (Fsp3) is 0.567. The summed E-state index contributed by atoms with van der Waals surface area (Å²) in [4.78, 5) is 28.4. The Morgan fingerprint density at radius 1 is 1.22 bits per heavy atom. The van der Waals surface area contributed by atoms with Crippen LogP contribution in [-0.2, 0) is 14.4 Å². The molecule has 7 heteroatoms. The molecule has 5 rings (SSSR count). The van der Waals surface area contributed by atoms with Crippen molar-refractivity contribution in [2.24, 2.45) is 22.4 Å². The highest BCUT2D eigenvalue weighted by atomic mass is 35.5. The molecule has 4 aliphatic carbocycles. The molecule has 5 atom stereocenters. The highest BCUT2D eigenvalue weighted by Gasteiger charge is 2.63. The number of fused-ring (bicyclic) bond motifs is 4. The van der Waals surface area contributed by atoms with Gasteiger partial charge in [-0.2, -0.15) is 0 Å². The maximum absolute atomic E-state index is 12.3. The van der Waals surface area contributed by atoms with Crippen LogP contribution in [0.2, 0.25) is 0 Å². The summed E-state index contributed by atoms with van der Waals surface area (Å²) in [7, 11) is 0. The van der Waals surface area contributed by atoms with E-state index in [0.29, 0.717) is 30.7 Å². The van der Waals surface area contributed by atoms with Crippen LogP contribution in [0, 0.1) is 17.3 Å². The van der Waals surface area contributed by atoms with Crippen molar-refractivity contribution >= 4 is 40.7 Å². The van der Waals surface area contributed by atoms with Gasteiger partial charge in [0.2, 0.25) is 0 Å². The van der Waals surface area contributed by atoms with Crippen LogP contribution in [-0.4, -0.2) is 41.6 Å². The Kier molecular flexibility index (Phi) is 7.72. The highest BCUT2D eigenvalue weighted by Crippen LogP contribution is 2.67. The van der Waals surface area contributed by atoms with E-state index in [-0.39, 0.29) is 22.7 Å². The third kappa shape index (κ3) is 4.63. The molecule has 0 unspecified atom stereocenters. The number of allylic oxidation sites excluding steroid dienone is 4. The van der Waals surface area contributed by atoms with E-state index in [1.54, 1.807) is 18.0 Å². The lowest BCUT2D eigenvalue weighted by Gasteiger charge is -2.55. The molecule has 0 amide bonds. The fourth-order valence-corrected chi connectivity index (χ4v) is 8.42. The lowest BCUT2D eigenvalue weighted by atomic mass is 9.51. The number of nitrogens with zero attached hydrogens (tertiary/aromatic N) is 1. The number of rotatable bonds is 6. The number of ketones is 1. The van der Waals surface area contributed by atoms with Gasteiger partial charge in [-0.15, -0.1) is 11.6 Å². The van der Waals surface area contributed by atoms with Crippen LogP contribution in [0.4, 0.5) is 4.79 Å². The van der Waals surface area contributed by atoms with Crippen LogP contribution in [0.15, 0.2) is 52.2 Å². The van der Waals surface area contributed by atoms with Gasteiger partial charge in [-0.1, -0.05) is 41.9 Å². The summed E-state index contributed by atoms with van der Waals surface area (Å²) in [6.45, 7) is 5.17. The number of halogens is 1. The van der Waals surface area contributed by atoms with Gasteiger partial charge in [-0.05, 0) is 104 Å². The third-order valence-corrected chi connectivity index (χ3v) is 10.3. The van der Waals surface area contributed by atoms with Crippen molar-refractivity contribution in [3.8, 4) is 0 Å². The SMILES string of the molecule is CCO[C@@]1(CCl)CC[C@H]2[C@@H]3CCC4=CC(=O)CCC4=C3[C@@H](c3ccc(/C=N/OC(=O)SC)cc3)C[C@@]21C. The molecule has 0 bridgehead atoms. The fourth-order valence-electron chi connectivity index (χ4n) is 7.79. The van der Waals surface area contributed by atoms with E-state index in [4.69, 9.17) is 21.2 Å². The second kappa shape index (κ2) is 10.7. The summed E-state index contributed by atoms with van der Waals surface area (Å²) in [5.74, 6) is 2.05. The zero-order valence-electron chi connectivity index (χ0n) is 21.9. The first-order valence-electron chi connectivity index (χ1n) is 13.4. The summed E-state index contributed by atoms with van der Waals surface area (Å²) in [6, 6.07) is 8.44. The quantitative estimate of drug-likeness (QED) is 0.162. The van der Waals surface area contributed by atoms with Crippen molar-refractivity contribution in [1.29, 1.82) is 0 Å². The molecule has 0 radical (unpaired) electrons. The minimum Gasteiger partial charge on any atom is -0.373 e. The molecule has 37 heavy (non-hydrogen) atoms. The lowest BCUT2D eigenvalue weighted by Crippen LogP contribution is -2.54. The number of oxime groups is 1. The molecule has 1 aromatic carbocycles. The van der Waals surface area contributed by atoms with Crippen LogP contribution in [0.3, 0.4) is 0 Å². The van der Waals surface area contributed by atoms with Crippen molar-refractivity contribution in [3.63, 3.8) is 0 Å². The molecule has 4 aliphatic rings. The zero-order chi connectivity index (χ0) is 26.2. The topological polar surface area (TPSA) is 65.0 Å². The van der Waals surface area contributed by atoms with Crippen LogP contribution in [0.5, 0.6) is 0 Å². The Bertz CT molecular complexity index is 1160.